The third-order valence-corrected chi connectivity index (χ3v) is 3.73. The molecule has 1 aromatic carbocycles. The Bertz CT molecular complexity index is 728. The minimum atomic E-state index is -0.703. The predicted molar refractivity (Wildman–Crippen MR) is 87.1 cm³/mol. The molecule has 25 heavy (non-hydrogen) atoms. The minimum absolute atomic E-state index is 0.116. The molecule has 0 aromatic heterocycles. The lowest BCUT2D eigenvalue weighted by Gasteiger charge is -2.15. The van der Waals surface area contributed by atoms with E-state index in [2.05, 4.69) is 10.6 Å². The molecule has 1 fully saturated rings. The number of nitriles is 1. The number of hydrogen-bond donors (Lipinski definition) is 2. The van der Waals surface area contributed by atoms with Crippen molar-refractivity contribution in [3.05, 3.63) is 41.6 Å². The van der Waals surface area contributed by atoms with E-state index in [1.165, 1.54) is 0 Å². The summed E-state index contributed by atoms with van der Waals surface area (Å²) < 4.78 is 26.6. The van der Waals surface area contributed by atoms with E-state index in [4.69, 9.17) is 5.26 Å². The molecule has 6 nitrogen and oxygen atoms in total. The third kappa shape index (κ3) is 5.28. The average molecular weight is 348 g/mol. The van der Waals surface area contributed by atoms with Crippen molar-refractivity contribution in [3.8, 4) is 6.07 Å². The zero-order valence-corrected chi connectivity index (χ0v) is 13.5. The highest BCUT2D eigenvalue weighted by atomic mass is 19.1. The molecule has 2 N–H and O–H groups in total. The fourth-order valence-corrected chi connectivity index (χ4v) is 2.41. The Morgan fingerprint density at radius 2 is 2.20 bits per heavy atom. The molecular formula is C17H18F2N4O2. The van der Waals surface area contributed by atoms with Crippen LogP contribution in [0.1, 0.15) is 19.3 Å². The van der Waals surface area contributed by atoms with Crippen molar-refractivity contribution in [2.45, 2.75) is 19.3 Å². The van der Waals surface area contributed by atoms with Crippen molar-refractivity contribution >= 4 is 17.5 Å². The molecule has 1 heterocycles. The number of nitrogens with one attached hydrogen (secondary N) is 2. The van der Waals surface area contributed by atoms with E-state index in [0.29, 0.717) is 25.9 Å². The van der Waals surface area contributed by atoms with Crippen LogP contribution in [0.2, 0.25) is 0 Å². The van der Waals surface area contributed by atoms with Gasteiger partial charge in [-0.3, -0.25) is 9.59 Å². The summed E-state index contributed by atoms with van der Waals surface area (Å²) in [5, 5.41) is 14.0. The van der Waals surface area contributed by atoms with Crippen molar-refractivity contribution in [1.82, 2.24) is 10.2 Å². The molecule has 0 aliphatic carbocycles. The van der Waals surface area contributed by atoms with Gasteiger partial charge in [0.15, 0.2) is 0 Å². The quantitative estimate of drug-likeness (QED) is 0.448. The molecule has 132 valence electrons. The monoisotopic (exact) mass is 348 g/mol. The molecule has 0 bridgehead atoms. The van der Waals surface area contributed by atoms with Gasteiger partial charge in [0.1, 0.15) is 23.3 Å². The Hall–Kier alpha value is -2.95. The lowest BCUT2D eigenvalue weighted by molar-refractivity contribution is -0.127. The highest BCUT2D eigenvalue weighted by molar-refractivity contribution is 5.97. The summed E-state index contributed by atoms with van der Waals surface area (Å²) >= 11 is 0. The van der Waals surface area contributed by atoms with Crippen LogP contribution in [0, 0.1) is 23.0 Å². The molecule has 1 saturated heterocycles. The lowest BCUT2D eigenvalue weighted by Crippen LogP contribution is -2.31. The number of anilines is 1. The molecule has 8 heteroatoms. The van der Waals surface area contributed by atoms with Gasteiger partial charge in [-0.25, -0.2) is 8.78 Å². The van der Waals surface area contributed by atoms with Crippen LogP contribution in [0.5, 0.6) is 0 Å². The standard InChI is InChI=1S/C17H18F2N4O2/c18-13-4-5-14(19)15(9-13)22-11-12(10-20)17(25)21-6-2-8-23-7-1-3-16(23)24/h4-5,9,11,22H,1-3,6-8H2,(H,21,25)/b12-11-. The van der Waals surface area contributed by atoms with Crippen molar-refractivity contribution in [2.75, 3.05) is 25.0 Å². The van der Waals surface area contributed by atoms with E-state index in [1.54, 1.807) is 11.0 Å². The number of amides is 2. The molecule has 2 amide bonds. The topological polar surface area (TPSA) is 85.2 Å². The van der Waals surface area contributed by atoms with E-state index >= 15 is 0 Å². The predicted octanol–water partition coefficient (Wildman–Crippen LogP) is 1.91. The maximum atomic E-state index is 13.5. The average Bonchev–Trinajstić information content (AvgIpc) is 3.00. The first-order chi connectivity index (χ1) is 12.0. The molecule has 1 aromatic rings. The zero-order chi connectivity index (χ0) is 18.2. The Kier molecular flexibility index (Phi) is 6.46. The van der Waals surface area contributed by atoms with Gasteiger partial charge in [-0.2, -0.15) is 5.26 Å². The molecule has 0 radical (unpaired) electrons. The highest BCUT2D eigenvalue weighted by Gasteiger charge is 2.19. The number of carbonyl (C=O) groups excluding carboxylic acids is 2. The Balaban J connectivity index is 1.82. The maximum absolute atomic E-state index is 13.5. The summed E-state index contributed by atoms with van der Waals surface area (Å²) in [6.07, 6.45) is 3.02. The largest absolute Gasteiger partial charge is 0.358 e. The lowest BCUT2D eigenvalue weighted by atomic mass is 10.2. The van der Waals surface area contributed by atoms with Crippen molar-refractivity contribution in [1.29, 1.82) is 5.26 Å². The van der Waals surface area contributed by atoms with Crippen LogP contribution >= 0.6 is 0 Å². The summed E-state index contributed by atoms with van der Waals surface area (Å²) in [5.74, 6) is -1.85. The molecule has 0 spiro atoms. The SMILES string of the molecule is N#C/C(=C/Nc1cc(F)ccc1F)C(=O)NCCCN1CCCC1=O. The molecular weight excluding hydrogens is 330 g/mol. The second-order valence-corrected chi connectivity index (χ2v) is 5.53. The Morgan fingerprint density at radius 1 is 1.40 bits per heavy atom. The van der Waals surface area contributed by atoms with E-state index < -0.39 is 17.5 Å². The summed E-state index contributed by atoms with van der Waals surface area (Å²) in [7, 11) is 0. The van der Waals surface area contributed by atoms with Gasteiger partial charge in [0.25, 0.3) is 5.91 Å². The second-order valence-electron chi connectivity index (χ2n) is 5.53. The zero-order valence-electron chi connectivity index (χ0n) is 13.5. The number of rotatable bonds is 7. The molecule has 0 saturated carbocycles. The van der Waals surface area contributed by atoms with Crippen molar-refractivity contribution < 1.29 is 18.4 Å². The van der Waals surface area contributed by atoms with Crippen LogP contribution < -0.4 is 10.6 Å². The van der Waals surface area contributed by atoms with Crippen LogP contribution in [-0.4, -0.2) is 36.3 Å². The smallest absolute Gasteiger partial charge is 0.263 e. The van der Waals surface area contributed by atoms with Gasteiger partial charge < -0.3 is 15.5 Å². The van der Waals surface area contributed by atoms with Gasteiger partial charge in [0.2, 0.25) is 5.91 Å². The fourth-order valence-electron chi connectivity index (χ4n) is 2.41. The van der Waals surface area contributed by atoms with Crippen LogP contribution in [0.15, 0.2) is 30.0 Å². The number of nitrogens with zero attached hydrogens (tertiary/aromatic N) is 2. The van der Waals surface area contributed by atoms with Crippen LogP contribution in [0.3, 0.4) is 0 Å². The molecule has 0 atom stereocenters. The molecule has 0 unspecified atom stereocenters. The fraction of sp³-hybridized carbons (Fsp3) is 0.353. The summed E-state index contributed by atoms with van der Waals surface area (Å²) in [4.78, 5) is 25.1. The van der Waals surface area contributed by atoms with Crippen LogP contribution in [0.25, 0.3) is 0 Å². The third-order valence-electron chi connectivity index (χ3n) is 3.73. The van der Waals surface area contributed by atoms with E-state index in [1.807, 2.05) is 0 Å². The highest BCUT2D eigenvalue weighted by Crippen LogP contribution is 2.15. The van der Waals surface area contributed by atoms with Gasteiger partial charge in [-0.15, -0.1) is 0 Å². The number of hydrogen-bond acceptors (Lipinski definition) is 4. The molecule has 1 aliphatic rings. The van der Waals surface area contributed by atoms with Crippen molar-refractivity contribution in [2.24, 2.45) is 0 Å². The summed E-state index contributed by atoms with van der Waals surface area (Å²) in [6.45, 7) is 1.59. The number of halogens is 2. The van der Waals surface area contributed by atoms with Crippen LogP contribution in [-0.2, 0) is 9.59 Å². The van der Waals surface area contributed by atoms with Gasteiger partial charge in [-0.05, 0) is 25.0 Å². The van der Waals surface area contributed by atoms with E-state index in [-0.39, 0.29) is 17.2 Å². The normalized spacial score (nSPS) is 14.4. The first-order valence-corrected chi connectivity index (χ1v) is 7.89. The Labute approximate surface area is 144 Å². The van der Waals surface area contributed by atoms with Gasteiger partial charge in [-0.1, -0.05) is 0 Å². The van der Waals surface area contributed by atoms with Crippen molar-refractivity contribution in [3.63, 3.8) is 0 Å². The van der Waals surface area contributed by atoms with E-state index in [9.17, 15) is 18.4 Å². The van der Waals surface area contributed by atoms with Gasteiger partial charge in [0, 0.05) is 38.3 Å². The number of carbonyl (C=O) groups is 2. The first-order valence-electron chi connectivity index (χ1n) is 7.89. The number of benzene rings is 1. The van der Waals surface area contributed by atoms with Crippen LogP contribution in [0.4, 0.5) is 14.5 Å². The maximum Gasteiger partial charge on any atom is 0.263 e. The first kappa shape index (κ1) is 18.4. The minimum Gasteiger partial charge on any atom is -0.358 e. The second kappa shape index (κ2) is 8.78. The molecule has 2 rings (SSSR count). The van der Waals surface area contributed by atoms with E-state index in [0.717, 1.165) is 37.4 Å². The van der Waals surface area contributed by atoms with Gasteiger partial charge >= 0.3 is 0 Å². The Morgan fingerprint density at radius 3 is 2.88 bits per heavy atom. The number of likely N-dealkylation sites (tertiary alicyclic amines) is 1. The summed E-state index contributed by atoms with van der Waals surface area (Å²) in [6, 6.07) is 4.53. The summed E-state index contributed by atoms with van der Waals surface area (Å²) in [5.41, 5.74) is -0.436. The molecule has 1 aliphatic heterocycles. The van der Waals surface area contributed by atoms with Gasteiger partial charge in [0.05, 0.1) is 5.69 Å².